The molecule has 0 fully saturated rings. The molecule has 0 aliphatic carbocycles. The molecule has 3 N–H and O–H groups in total. The third-order valence-electron chi connectivity index (χ3n) is 5.57. The Morgan fingerprint density at radius 1 is 1.14 bits per heavy atom. The lowest BCUT2D eigenvalue weighted by atomic mass is 10.1. The lowest BCUT2D eigenvalue weighted by molar-refractivity contribution is -0.137. The van der Waals surface area contributed by atoms with Crippen LogP contribution in [0.2, 0.25) is 0 Å². The van der Waals surface area contributed by atoms with Gasteiger partial charge in [-0.25, -0.2) is 18.4 Å². The molecule has 196 valence electrons. The van der Waals surface area contributed by atoms with Crippen LogP contribution in [0.5, 0.6) is 0 Å². The number of benzene rings is 2. The molecule has 0 aliphatic heterocycles. The molecule has 0 spiro atoms. The summed E-state index contributed by atoms with van der Waals surface area (Å²) in [6.07, 6.45) is -2.18. The Morgan fingerprint density at radius 2 is 1.86 bits per heavy atom. The lowest BCUT2D eigenvalue weighted by Crippen LogP contribution is -2.49. The predicted octanol–water partition coefficient (Wildman–Crippen LogP) is 4.63. The number of anilines is 1. The number of halogens is 2. The molecule has 0 radical (unpaired) electrons. The number of urea groups is 1. The highest BCUT2D eigenvalue weighted by atomic mass is 19.2. The SMILES string of the molecule is CC(OC(=O)Nc1cc(-c2ccccc2)on1)[C@H](CCC(=O)O)N(C)C(=O)NCc1cccc(F)c1F. The summed E-state index contributed by atoms with van der Waals surface area (Å²) >= 11 is 0. The Morgan fingerprint density at radius 3 is 2.57 bits per heavy atom. The second-order valence-corrected chi connectivity index (χ2v) is 8.16. The van der Waals surface area contributed by atoms with Crippen LogP contribution in [0.1, 0.15) is 25.3 Å². The Labute approximate surface area is 211 Å². The number of carboxylic acid groups (broad SMARTS) is 1. The summed E-state index contributed by atoms with van der Waals surface area (Å²) < 4.78 is 37.9. The van der Waals surface area contributed by atoms with Crippen LogP contribution < -0.4 is 10.6 Å². The van der Waals surface area contributed by atoms with Gasteiger partial charge in [0.15, 0.2) is 23.2 Å². The third kappa shape index (κ3) is 7.50. The molecule has 2 atom stereocenters. The maximum atomic E-state index is 13.9. The Balaban J connectivity index is 1.62. The first-order chi connectivity index (χ1) is 17.7. The number of rotatable bonds is 10. The maximum absolute atomic E-state index is 13.9. The fourth-order valence-electron chi connectivity index (χ4n) is 3.60. The van der Waals surface area contributed by atoms with Crippen LogP contribution >= 0.6 is 0 Å². The van der Waals surface area contributed by atoms with Gasteiger partial charge in [0.1, 0.15) is 6.10 Å². The first kappa shape index (κ1) is 27.1. The van der Waals surface area contributed by atoms with Crippen LogP contribution in [0.3, 0.4) is 0 Å². The fourth-order valence-corrected chi connectivity index (χ4v) is 3.60. The van der Waals surface area contributed by atoms with Gasteiger partial charge in [-0.05, 0) is 19.4 Å². The highest BCUT2D eigenvalue weighted by molar-refractivity contribution is 5.84. The van der Waals surface area contributed by atoms with Gasteiger partial charge in [0.2, 0.25) is 0 Å². The van der Waals surface area contributed by atoms with Gasteiger partial charge < -0.3 is 24.6 Å². The Hall–Kier alpha value is -4.48. The number of carbonyl (C=O) groups excluding carboxylic acids is 2. The summed E-state index contributed by atoms with van der Waals surface area (Å²) in [5.41, 5.74) is 0.694. The van der Waals surface area contributed by atoms with Crippen molar-refractivity contribution in [1.29, 1.82) is 0 Å². The molecule has 37 heavy (non-hydrogen) atoms. The zero-order valence-corrected chi connectivity index (χ0v) is 20.1. The van der Waals surface area contributed by atoms with Gasteiger partial charge in [0.05, 0.1) is 6.04 Å². The van der Waals surface area contributed by atoms with E-state index in [0.717, 1.165) is 16.5 Å². The molecule has 12 heteroatoms. The van der Waals surface area contributed by atoms with Crippen LogP contribution in [0.15, 0.2) is 59.1 Å². The number of carboxylic acids is 1. The molecule has 0 bridgehead atoms. The summed E-state index contributed by atoms with van der Waals surface area (Å²) in [5.74, 6) is -2.70. The Bertz CT molecular complexity index is 1240. The van der Waals surface area contributed by atoms with Gasteiger partial charge in [-0.1, -0.05) is 47.6 Å². The number of ether oxygens (including phenoxy) is 1. The lowest BCUT2D eigenvalue weighted by Gasteiger charge is -2.32. The van der Waals surface area contributed by atoms with E-state index >= 15 is 0 Å². The van der Waals surface area contributed by atoms with Gasteiger partial charge in [0, 0.05) is 37.2 Å². The van der Waals surface area contributed by atoms with Crippen molar-refractivity contribution < 1.29 is 37.5 Å². The van der Waals surface area contributed by atoms with Crippen molar-refractivity contribution in [3.63, 3.8) is 0 Å². The van der Waals surface area contributed by atoms with Crippen LogP contribution in [0.25, 0.3) is 11.3 Å². The largest absolute Gasteiger partial charge is 0.481 e. The number of likely N-dealkylation sites (N-methyl/N-ethyl adjacent to an activating group) is 1. The summed E-state index contributed by atoms with van der Waals surface area (Å²) in [7, 11) is 1.38. The number of aromatic nitrogens is 1. The van der Waals surface area contributed by atoms with Crippen molar-refractivity contribution in [2.75, 3.05) is 12.4 Å². The molecule has 1 heterocycles. The molecule has 1 unspecified atom stereocenters. The molecule has 0 aliphatic rings. The minimum atomic E-state index is -1.10. The first-order valence-electron chi connectivity index (χ1n) is 11.3. The standard InChI is InChI=1S/C25H26F2N4O6/c1-15(36-25(35)29-21-13-20(37-30-21)16-7-4-3-5-8-16)19(11-12-22(32)33)31(2)24(34)28-14-17-9-6-10-18(26)23(17)27/h3-10,13,15,19H,11-12,14H2,1-2H3,(H,28,34)(H,32,33)(H,29,30,35)/t15?,19-/m0/s1. The van der Waals surface area contributed by atoms with E-state index in [2.05, 4.69) is 15.8 Å². The van der Waals surface area contributed by atoms with Crippen molar-refractivity contribution in [3.8, 4) is 11.3 Å². The van der Waals surface area contributed by atoms with E-state index < -0.39 is 41.9 Å². The fraction of sp³-hybridized carbons (Fsp3) is 0.280. The molecule has 0 saturated carbocycles. The zero-order chi connectivity index (χ0) is 26.9. The summed E-state index contributed by atoms with van der Waals surface area (Å²) in [4.78, 5) is 37.4. The van der Waals surface area contributed by atoms with E-state index in [1.165, 1.54) is 32.2 Å². The number of aliphatic carboxylic acids is 1. The van der Waals surface area contributed by atoms with Gasteiger partial charge in [-0.2, -0.15) is 0 Å². The predicted molar refractivity (Wildman–Crippen MR) is 129 cm³/mol. The van der Waals surface area contributed by atoms with Gasteiger partial charge in [-0.15, -0.1) is 0 Å². The zero-order valence-electron chi connectivity index (χ0n) is 20.1. The molecule has 3 amide bonds. The first-order valence-corrected chi connectivity index (χ1v) is 11.3. The van der Waals surface area contributed by atoms with Crippen LogP contribution in [0, 0.1) is 11.6 Å². The number of carbonyl (C=O) groups is 3. The minimum absolute atomic E-state index is 0.0376. The second-order valence-electron chi connectivity index (χ2n) is 8.16. The van der Waals surface area contributed by atoms with E-state index in [4.69, 9.17) is 14.4 Å². The van der Waals surface area contributed by atoms with Gasteiger partial charge in [0.25, 0.3) is 0 Å². The van der Waals surface area contributed by atoms with Gasteiger partial charge >= 0.3 is 18.1 Å². The maximum Gasteiger partial charge on any atom is 0.413 e. The number of nitrogens with one attached hydrogen (secondary N) is 2. The summed E-state index contributed by atoms with van der Waals surface area (Å²) in [6, 6.07) is 12.6. The number of amides is 3. The minimum Gasteiger partial charge on any atom is -0.481 e. The van der Waals surface area contributed by atoms with Crippen LogP contribution in [-0.4, -0.2) is 52.5 Å². The van der Waals surface area contributed by atoms with Crippen molar-refractivity contribution in [2.45, 2.75) is 38.5 Å². The molecular weight excluding hydrogens is 490 g/mol. The van der Waals surface area contributed by atoms with E-state index in [9.17, 15) is 23.2 Å². The molecule has 10 nitrogen and oxygen atoms in total. The molecule has 1 aromatic heterocycles. The molecule has 3 aromatic rings. The van der Waals surface area contributed by atoms with Gasteiger partial charge in [-0.3, -0.25) is 10.1 Å². The smallest absolute Gasteiger partial charge is 0.413 e. The van der Waals surface area contributed by atoms with Crippen molar-refractivity contribution in [3.05, 3.63) is 71.8 Å². The van der Waals surface area contributed by atoms with Crippen molar-refractivity contribution in [1.82, 2.24) is 15.4 Å². The average Bonchev–Trinajstić information content (AvgIpc) is 3.33. The average molecular weight is 517 g/mol. The quantitative estimate of drug-likeness (QED) is 0.358. The van der Waals surface area contributed by atoms with Crippen LogP contribution in [0.4, 0.5) is 24.2 Å². The molecule has 3 rings (SSSR count). The second kappa shape index (κ2) is 12.5. The topological polar surface area (TPSA) is 134 Å². The number of nitrogens with zero attached hydrogens (tertiary/aromatic N) is 2. The normalized spacial score (nSPS) is 12.3. The van der Waals surface area contributed by atoms with Crippen molar-refractivity contribution in [2.24, 2.45) is 0 Å². The highest BCUT2D eigenvalue weighted by Gasteiger charge is 2.29. The summed E-state index contributed by atoms with van der Waals surface area (Å²) in [5, 5.41) is 17.8. The van der Waals surface area contributed by atoms with E-state index in [1.54, 1.807) is 12.1 Å². The Kier molecular flexibility index (Phi) is 9.14. The highest BCUT2D eigenvalue weighted by Crippen LogP contribution is 2.22. The molecular formula is C25H26F2N4O6. The molecule has 0 saturated heterocycles. The molecule has 2 aromatic carbocycles. The number of hydrogen-bond donors (Lipinski definition) is 3. The van der Waals surface area contributed by atoms with E-state index in [-0.39, 0.29) is 30.8 Å². The van der Waals surface area contributed by atoms with Crippen molar-refractivity contribution >= 4 is 23.9 Å². The third-order valence-corrected chi connectivity index (χ3v) is 5.57. The van der Waals surface area contributed by atoms with Crippen LogP contribution in [-0.2, 0) is 16.1 Å². The monoisotopic (exact) mass is 516 g/mol. The summed E-state index contributed by atoms with van der Waals surface area (Å²) in [6.45, 7) is 1.20. The number of hydrogen-bond acceptors (Lipinski definition) is 6. The van der Waals surface area contributed by atoms with E-state index in [0.29, 0.717) is 5.76 Å². The van der Waals surface area contributed by atoms with E-state index in [1.807, 2.05) is 18.2 Å².